The molecule has 1 fully saturated rings. The summed E-state index contributed by atoms with van der Waals surface area (Å²) in [7, 11) is 0. The quantitative estimate of drug-likeness (QED) is 0.286. The van der Waals surface area contributed by atoms with Gasteiger partial charge in [-0.2, -0.15) is 5.10 Å². The number of nitrogens with zero attached hydrogens (tertiary/aromatic N) is 2. The van der Waals surface area contributed by atoms with E-state index in [-0.39, 0.29) is 12.3 Å². The highest BCUT2D eigenvalue weighted by molar-refractivity contribution is 14.1. The van der Waals surface area contributed by atoms with Crippen LogP contribution in [-0.2, 0) is 19.1 Å². The SMILES string of the molecule is CCOC(=O)C1=NNC23C(=O)N(c4ccc(I)cc4)C(=O)C12C1c2ccccc2C3c2ccccc21. The van der Waals surface area contributed by atoms with Crippen molar-refractivity contribution in [3.05, 3.63) is 98.6 Å². The first-order valence-corrected chi connectivity index (χ1v) is 12.9. The van der Waals surface area contributed by atoms with E-state index >= 15 is 0 Å². The zero-order valence-corrected chi connectivity index (χ0v) is 21.4. The molecule has 2 atom stereocenters. The number of halogens is 1. The van der Waals surface area contributed by atoms with Gasteiger partial charge in [0.2, 0.25) is 0 Å². The molecule has 178 valence electrons. The third-order valence-corrected chi connectivity index (χ3v) is 8.80. The fourth-order valence-electron chi connectivity index (χ4n) is 6.91. The Bertz CT molecular complexity index is 1490. The van der Waals surface area contributed by atoms with E-state index in [9.17, 15) is 14.4 Å². The smallest absolute Gasteiger partial charge is 0.355 e. The maximum absolute atomic E-state index is 14.7. The third kappa shape index (κ3) is 2.25. The fraction of sp³-hybridized carbons (Fsp3) is 0.214. The summed E-state index contributed by atoms with van der Waals surface area (Å²) in [5, 5.41) is 4.44. The molecule has 7 nitrogen and oxygen atoms in total. The second kappa shape index (κ2) is 7.25. The molecule has 1 N–H and O–H groups in total. The molecule has 0 saturated carbocycles. The molecule has 3 aliphatic carbocycles. The van der Waals surface area contributed by atoms with Crippen LogP contribution in [0.3, 0.4) is 0 Å². The minimum absolute atomic E-state index is 0.0327. The summed E-state index contributed by atoms with van der Waals surface area (Å²) in [6, 6.07) is 23.0. The first kappa shape index (κ1) is 21.7. The van der Waals surface area contributed by atoms with E-state index in [1.807, 2.05) is 60.7 Å². The number of hydrogen-bond acceptors (Lipinski definition) is 6. The molecular weight excluding hydrogens is 569 g/mol. The Morgan fingerprint density at radius 3 is 2.03 bits per heavy atom. The van der Waals surface area contributed by atoms with Crippen molar-refractivity contribution in [3.63, 3.8) is 0 Å². The van der Waals surface area contributed by atoms with Gasteiger partial charge in [0.1, 0.15) is 5.41 Å². The lowest BCUT2D eigenvalue weighted by atomic mass is 9.43. The van der Waals surface area contributed by atoms with Crippen LogP contribution in [0.5, 0.6) is 0 Å². The fourth-order valence-corrected chi connectivity index (χ4v) is 7.27. The van der Waals surface area contributed by atoms with E-state index < -0.39 is 40.6 Å². The molecule has 2 aliphatic heterocycles. The molecular formula is C28H20IN3O4. The standard InChI is InChI=1S/C28H20IN3O4/c1-2-36-24(33)23-27-21-17-7-3-5-9-19(17)22(20-10-6-4-8-18(20)21)28(27,31-30-23)26(35)32(25(27)34)16-13-11-15(29)12-14-16/h3-14,21-22,31H,2H2,1H3. The Morgan fingerprint density at radius 1 is 0.917 bits per heavy atom. The Balaban J connectivity index is 1.59. The van der Waals surface area contributed by atoms with Gasteiger partial charge in [0.15, 0.2) is 11.3 Å². The Hall–Kier alpha value is -3.53. The van der Waals surface area contributed by atoms with Gasteiger partial charge in [-0.25, -0.2) is 9.69 Å². The van der Waals surface area contributed by atoms with Crippen LogP contribution in [0.15, 0.2) is 77.9 Å². The van der Waals surface area contributed by atoms with E-state index in [2.05, 4.69) is 33.1 Å². The average molecular weight is 589 g/mol. The summed E-state index contributed by atoms with van der Waals surface area (Å²) in [6.07, 6.45) is 0. The first-order chi connectivity index (χ1) is 17.5. The predicted octanol–water partition coefficient (Wildman–Crippen LogP) is 3.70. The molecule has 5 aliphatic rings. The van der Waals surface area contributed by atoms with E-state index in [0.29, 0.717) is 5.69 Å². The summed E-state index contributed by atoms with van der Waals surface area (Å²) < 4.78 is 6.39. The largest absolute Gasteiger partial charge is 0.461 e. The predicted molar refractivity (Wildman–Crippen MR) is 141 cm³/mol. The zero-order valence-electron chi connectivity index (χ0n) is 19.2. The van der Waals surface area contributed by atoms with Crippen LogP contribution >= 0.6 is 22.6 Å². The number of hydrazone groups is 1. The molecule has 8 rings (SSSR count). The highest BCUT2D eigenvalue weighted by Crippen LogP contribution is 2.71. The van der Waals surface area contributed by atoms with Gasteiger partial charge >= 0.3 is 5.97 Å². The number of nitrogens with one attached hydrogen (secondary N) is 1. The molecule has 0 aromatic heterocycles. The molecule has 3 aromatic carbocycles. The number of carbonyl (C=O) groups is 3. The second-order valence-corrected chi connectivity index (χ2v) is 10.7. The first-order valence-electron chi connectivity index (χ1n) is 11.8. The van der Waals surface area contributed by atoms with Crippen LogP contribution in [0.2, 0.25) is 0 Å². The topological polar surface area (TPSA) is 88.1 Å². The lowest BCUT2D eigenvalue weighted by molar-refractivity contribution is -0.137. The summed E-state index contributed by atoms with van der Waals surface area (Å²) in [4.78, 5) is 44.0. The van der Waals surface area contributed by atoms with Crippen LogP contribution in [0, 0.1) is 8.99 Å². The Labute approximate surface area is 220 Å². The van der Waals surface area contributed by atoms with Crippen molar-refractivity contribution in [2.24, 2.45) is 10.5 Å². The lowest BCUT2D eigenvalue weighted by Gasteiger charge is -2.55. The van der Waals surface area contributed by atoms with Gasteiger partial charge in [0, 0.05) is 15.4 Å². The molecule has 2 unspecified atom stereocenters. The average Bonchev–Trinajstić information content (AvgIpc) is 3.36. The molecule has 1 saturated heterocycles. The monoisotopic (exact) mass is 589 g/mol. The van der Waals surface area contributed by atoms with Gasteiger partial charge in [0.05, 0.1) is 12.3 Å². The van der Waals surface area contributed by atoms with Crippen molar-refractivity contribution in [2.45, 2.75) is 24.3 Å². The maximum atomic E-state index is 14.7. The molecule has 2 heterocycles. The van der Waals surface area contributed by atoms with E-state index in [4.69, 9.17) is 4.74 Å². The van der Waals surface area contributed by atoms with Crippen LogP contribution in [0.25, 0.3) is 0 Å². The van der Waals surface area contributed by atoms with E-state index in [0.717, 1.165) is 25.8 Å². The number of hydrogen-bond donors (Lipinski definition) is 1. The molecule has 2 bridgehead atoms. The molecule has 3 aromatic rings. The highest BCUT2D eigenvalue weighted by Gasteiger charge is 2.85. The summed E-state index contributed by atoms with van der Waals surface area (Å²) >= 11 is 2.18. The maximum Gasteiger partial charge on any atom is 0.355 e. The van der Waals surface area contributed by atoms with Crippen molar-refractivity contribution < 1.29 is 19.1 Å². The number of carbonyl (C=O) groups excluding carboxylic acids is 3. The third-order valence-electron chi connectivity index (χ3n) is 8.08. The minimum atomic E-state index is -1.58. The van der Waals surface area contributed by atoms with Gasteiger partial charge in [0.25, 0.3) is 11.8 Å². The number of rotatable bonds is 3. The van der Waals surface area contributed by atoms with Gasteiger partial charge in [-0.3, -0.25) is 15.0 Å². The Kier molecular flexibility index (Phi) is 4.38. The molecule has 2 amide bonds. The van der Waals surface area contributed by atoms with Crippen LogP contribution in [0.1, 0.15) is 41.0 Å². The van der Waals surface area contributed by atoms with Gasteiger partial charge in [-0.15, -0.1) is 0 Å². The van der Waals surface area contributed by atoms with Gasteiger partial charge in [-0.05, 0) is 76.0 Å². The lowest BCUT2D eigenvalue weighted by Crippen LogP contribution is -2.69. The molecule has 0 spiro atoms. The highest BCUT2D eigenvalue weighted by atomic mass is 127. The number of benzene rings is 3. The number of anilines is 1. The van der Waals surface area contributed by atoms with Crippen molar-refractivity contribution in [2.75, 3.05) is 11.5 Å². The molecule has 8 heteroatoms. The minimum Gasteiger partial charge on any atom is -0.461 e. The Morgan fingerprint density at radius 2 is 1.47 bits per heavy atom. The number of amides is 2. The molecule has 36 heavy (non-hydrogen) atoms. The van der Waals surface area contributed by atoms with Gasteiger partial charge in [-0.1, -0.05) is 48.5 Å². The zero-order chi connectivity index (χ0) is 24.8. The van der Waals surface area contributed by atoms with E-state index in [1.165, 1.54) is 4.90 Å². The summed E-state index contributed by atoms with van der Waals surface area (Å²) in [5.41, 5.74) is 4.27. The van der Waals surface area contributed by atoms with E-state index in [1.54, 1.807) is 19.1 Å². The number of ether oxygens (including phenoxy) is 1. The van der Waals surface area contributed by atoms with Crippen molar-refractivity contribution in [3.8, 4) is 0 Å². The number of esters is 1. The summed E-state index contributed by atoms with van der Waals surface area (Å²) in [5.74, 6) is -2.64. The normalized spacial score (nSPS) is 28.6. The van der Waals surface area contributed by atoms with Crippen molar-refractivity contribution >= 4 is 51.8 Å². The van der Waals surface area contributed by atoms with Crippen molar-refractivity contribution in [1.82, 2.24) is 5.43 Å². The van der Waals surface area contributed by atoms with Crippen LogP contribution < -0.4 is 10.3 Å². The van der Waals surface area contributed by atoms with Crippen LogP contribution in [-0.4, -0.2) is 35.6 Å². The summed E-state index contributed by atoms with van der Waals surface area (Å²) in [6.45, 7) is 1.84. The van der Waals surface area contributed by atoms with Gasteiger partial charge < -0.3 is 4.74 Å². The number of imide groups is 1. The second-order valence-electron chi connectivity index (χ2n) is 9.45. The van der Waals surface area contributed by atoms with Crippen molar-refractivity contribution in [1.29, 1.82) is 0 Å². The van der Waals surface area contributed by atoms with Crippen LogP contribution in [0.4, 0.5) is 5.69 Å². The molecule has 0 radical (unpaired) electrons.